The normalized spacial score (nSPS) is 12.2. The molecular formula is C14H17ClN2OS. The predicted octanol–water partition coefficient (Wildman–Crippen LogP) is 3.55. The van der Waals surface area contributed by atoms with E-state index in [2.05, 4.69) is 4.90 Å². The molecule has 0 aliphatic heterocycles. The molecule has 0 aliphatic carbocycles. The number of thiophene rings is 1. The van der Waals surface area contributed by atoms with Gasteiger partial charge in [0.2, 0.25) is 0 Å². The summed E-state index contributed by atoms with van der Waals surface area (Å²) >= 11 is 7.57. The molecule has 0 saturated carbocycles. The Balaban J connectivity index is 2.33. The number of hydrogen-bond acceptors (Lipinski definition) is 4. The van der Waals surface area contributed by atoms with Gasteiger partial charge in [-0.25, -0.2) is 0 Å². The highest BCUT2D eigenvalue weighted by Gasteiger charge is 2.20. The number of benzene rings is 1. The summed E-state index contributed by atoms with van der Waals surface area (Å²) in [6, 6.07) is 11.9. The van der Waals surface area contributed by atoms with Crippen LogP contribution in [0.5, 0.6) is 5.75 Å². The van der Waals surface area contributed by atoms with Gasteiger partial charge in [-0.2, -0.15) is 0 Å². The Bertz CT molecular complexity index is 544. The van der Waals surface area contributed by atoms with Crippen LogP contribution in [-0.2, 0) is 0 Å². The van der Waals surface area contributed by atoms with Crippen molar-refractivity contribution in [3.05, 3.63) is 45.6 Å². The first-order valence-corrected chi connectivity index (χ1v) is 7.18. The Labute approximate surface area is 122 Å². The van der Waals surface area contributed by atoms with Crippen LogP contribution >= 0.6 is 22.9 Å². The van der Waals surface area contributed by atoms with Crippen LogP contribution in [0.15, 0.2) is 36.4 Å². The van der Waals surface area contributed by atoms with E-state index < -0.39 is 0 Å². The topological polar surface area (TPSA) is 38.5 Å². The molecule has 102 valence electrons. The van der Waals surface area contributed by atoms with Gasteiger partial charge >= 0.3 is 0 Å². The van der Waals surface area contributed by atoms with Crippen LogP contribution < -0.4 is 15.4 Å². The summed E-state index contributed by atoms with van der Waals surface area (Å²) in [6.07, 6.45) is 0. The summed E-state index contributed by atoms with van der Waals surface area (Å²) in [5.74, 6) is 0.839. The van der Waals surface area contributed by atoms with Crippen molar-refractivity contribution in [1.29, 1.82) is 0 Å². The maximum absolute atomic E-state index is 6.01. The molecule has 1 heterocycles. The summed E-state index contributed by atoms with van der Waals surface area (Å²) in [6.45, 7) is 0.519. The molecule has 2 aromatic rings. The minimum absolute atomic E-state index is 0.0915. The molecule has 3 nitrogen and oxygen atoms in total. The quantitative estimate of drug-likeness (QED) is 0.917. The lowest BCUT2D eigenvalue weighted by molar-refractivity contribution is 0.413. The van der Waals surface area contributed by atoms with Crippen molar-refractivity contribution in [2.75, 3.05) is 25.6 Å². The number of nitrogens with zero attached hydrogens (tertiary/aromatic N) is 1. The van der Waals surface area contributed by atoms with E-state index in [9.17, 15) is 0 Å². The van der Waals surface area contributed by atoms with E-state index in [0.717, 1.165) is 20.7 Å². The van der Waals surface area contributed by atoms with Crippen molar-refractivity contribution in [2.24, 2.45) is 5.73 Å². The zero-order valence-electron chi connectivity index (χ0n) is 11.0. The summed E-state index contributed by atoms with van der Waals surface area (Å²) in [7, 11) is 3.69. The first-order valence-electron chi connectivity index (χ1n) is 5.98. The second kappa shape index (κ2) is 6.28. The maximum Gasteiger partial charge on any atom is 0.142 e. The molecule has 2 N–H and O–H groups in total. The van der Waals surface area contributed by atoms with Gasteiger partial charge in [-0.15, -0.1) is 11.3 Å². The van der Waals surface area contributed by atoms with Crippen LogP contribution in [0.1, 0.15) is 10.9 Å². The highest BCUT2D eigenvalue weighted by Crippen LogP contribution is 2.35. The molecule has 1 aromatic carbocycles. The van der Waals surface area contributed by atoms with E-state index >= 15 is 0 Å². The SMILES string of the molecule is COc1ccccc1N(C)C(CN)c1ccc(Cl)s1. The molecule has 0 aliphatic rings. The molecule has 0 spiro atoms. The number of nitrogens with two attached hydrogens (primary N) is 1. The van der Waals surface area contributed by atoms with Gasteiger partial charge in [0, 0.05) is 18.5 Å². The number of anilines is 1. The zero-order valence-corrected chi connectivity index (χ0v) is 12.5. The summed E-state index contributed by atoms with van der Waals surface area (Å²) in [5.41, 5.74) is 6.94. The average Bonchev–Trinajstić information content (AvgIpc) is 2.86. The fraction of sp³-hybridized carbons (Fsp3) is 0.286. The Morgan fingerprint density at radius 1 is 1.32 bits per heavy atom. The van der Waals surface area contributed by atoms with Crippen molar-refractivity contribution in [1.82, 2.24) is 0 Å². The average molecular weight is 297 g/mol. The van der Waals surface area contributed by atoms with Gasteiger partial charge in [0.05, 0.1) is 23.2 Å². The fourth-order valence-electron chi connectivity index (χ4n) is 2.06. The molecule has 1 unspecified atom stereocenters. The van der Waals surface area contributed by atoms with Crippen LogP contribution in [0.2, 0.25) is 4.34 Å². The van der Waals surface area contributed by atoms with Crippen LogP contribution in [0.3, 0.4) is 0 Å². The lowest BCUT2D eigenvalue weighted by Crippen LogP contribution is -2.30. The molecular weight excluding hydrogens is 280 g/mol. The lowest BCUT2D eigenvalue weighted by Gasteiger charge is -2.29. The summed E-state index contributed by atoms with van der Waals surface area (Å²) < 4.78 is 6.18. The van der Waals surface area contributed by atoms with Gasteiger partial charge in [-0.05, 0) is 24.3 Å². The molecule has 0 radical (unpaired) electrons. The van der Waals surface area contributed by atoms with Gasteiger partial charge in [0.15, 0.2) is 0 Å². The van der Waals surface area contributed by atoms with Gasteiger partial charge < -0.3 is 15.4 Å². The third-order valence-electron chi connectivity index (χ3n) is 3.08. The molecule has 1 aromatic heterocycles. The molecule has 0 fully saturated rings. The zero-order chi connectivity index (χ0) is 13.8. The Morgan fingerprint density at radius 2 is 2.05 bits per heavy atom. The molecule has 5 heteroatoms. The van der Waals surface area contributed by atoms with Crippen LogP contribution in [0.4, 0.5) is 5.69 Å². The molecule has 0 amide bonds. The first-order chi connectivity index (χ1) is 9.17. The lowest BCUT2D eigenvalue weighted by atomic mass is 10.1. The molecule has 2 rings (SSSR count). The van der Waals surface area contributed by atoms with Crippen molar-refractivity contribution in [2.45, 2.75) is 6.04 Å². The summed E-state index contributed by atoms with van der Waals surface area (Å²) in [5, 5.41) is 0. The summed E-state index contributed by atoms with van der Waals surface area (Å²) in [4.78, 5) is 3.28. The second-order valence-electron chi connectivity index (χ2n) is 4.18. The molecule has 19 heavy (non-hydrogen) atoms. The van der Waals surface area contributed by atoms with Gasteiger partial charge in [-0.1, -0.05) is 23.7 Å². The number of methoxy groups -OCH3 is 1. The first kappa shape index (κ1) is 14.2. The molecule has 0 bridgehead atoms. The standard InChI is InChI=1S/C14H17ClN2OS/c1-17(10-5-3-4-6-12(10)18-2)11(9-16)13-7-8-14(15)19-13/h3-8,11H,9,16H2,1-2H3. The Morgan fingerprint density at radius 3 is 2.63 bits per heavy atom. The largest absolute Gasteiger partial charge is 0.495 e. The number of ether oxygens (including phenoxy) is 1. The van der Waals surface area contributed by atoms with Gasteiger partial charge in [0.25, 0.3) is 0 Å². The van der Waals surface area contributed by atoms with E-state index in [1.54, 1.807) is 18.4 Å². The highest BCUT2D eigenvalue weighted by atomic mass is 35.5. The van der Waals surface area contributed by atoms with Gasteiger partial charge in [-0.3, -0.25) is 0 Å². The Kier molecular flexibility index (Phi) is 4.69. The number of rotatable bonds is 5. The smallest absolute Gasteiger partial charge is 0.142 e. The van der Waals surface area contributed by atoms with Crippen LogP contribution in [0, 0.1) is 0 Å². The number of likely N-dealkylation sites (N-methyl/N-ethyl adjacent to an activating group) is 1. The van der Waals surface area contributed by atoms with E-state index in [1.807, 2.05) is 43.4 Å². The van der Waals surface area contributed by atoms with Crippen molar-refractivity contribution >= 4 is 28.6 Å². The van der Waals surface area contributed by atoms with Crippen molar-refractivity contribution in [3.8, 4) is 5.75 Å². The van der Waals surface area contributed by atoms with Crippen LogP contribution in [-0.4, -0.2) is 20.7 Å². The predicted molar refractivity (Wildman–Crippen MR) is 82.5 cm³/mol. The third kappa shape index (κ3) is 3.03. The van der Waals surface area contributed by atoms with Crippen LogP contribution in [0.25, 0.3) is 0 Å². The second-order valence-corrected chi connectivity index (χ2v) is 5.92. The number of hydrogen-bond donors (Lipinski definition) is 1. The fourth-order valence-corrected chi connectivity index (χ4v) is 3.28. The van der Waals surface area contributed by atoms with Crippen molar-refractivity contribution < 1.29 is 4.74 Å². The Hall–Kier alpha value is -1.23. The van der Waals surface area contributed by atoms with Crippen molar-refractivity contribution in [3.63, 3.8) is 0 Å². The van der Waals surface area contributed by atoms with E-state index in [-0.39, 0.29) is 6.04 Å². The number of para-hydroxylation sites is 2. The monoisotopic (exact) mass is 296 g/mol. The minimum atomic E-state index is 0.0915. The molecule has 1 atom stereocenters. The third-order valence-corrected chi connectivity index (χ3v) is 4.41. The van der Waals surface area contributed by atoms with E-state index in [0.29, 0.717) is 6.54 Å². The molecule has 0 saturated heterocycles. The van der Waals surface area contributed by atoms with E-state index in [1.165, 1.54) is 0 Å². The highest BCUT2D eigenvalue weighted by molar-refractivity contribution is 7.16. The van der Waals surface area contributed by atoms with E-state index in [4.69, 9.17) is 22.1 Å². The minimum Gasteiger partial charge on any atom is -0.495 e. The maximum atomic E-state index is 6.01. The number of halogens is 1. The van der Waals surface area contributed by atoms with Gasteiger partial charge in [0.1, 0.15) is 5.75 Å².